The van der Waals surface area contributed by atoms with Gasteiger partial charge < -0.3 is 15.4 Å². The van der Waals surface area contributed by atoms with Gasteiger partial charge in [-0.15, -0.1) is 0 Å². The highest BCUT2D eigenvalue weighted by atomic mass is 35.5. The number of carboxylic acids is 1. The molecular formula is C19H22ClN3O3. The maximum Gasteiger partial charge on any atom is 0.317 e. The van der Waals surface area contributed by atoms with Crippen LogP contribution in [-0.2, 0) is 4.79 Å². The van der Waals surface area contributed by atoms with Gasteiger partial charge in [-0.05, 0) is 49.8 Å². The number of halogens is 1. The fourth-order valence-corrected chi connectivity index (χ4v) is 3.81. The van der Waals surface area contributed by atoms with Gasteiger partial charge >= 0.3 is 5.97 Å². The lowest BCUT2D eigenvalue weighted by molar-refractivity contribution is -0.139. The van der Waals surface area contributed by atoms with Gasteiger partial charge in [-0.1, -0.05) is 17.7 Å². The number of rotatable bonds is 7. The first kappa shape index (κ1) is 17.4. The van der Waals surface area contributed by atoms with Gasteiger partial charge in [0.15, 0.2) is 0 Å². The number of hydrogen-bond donors (Lipinski definition) is 3. The van der Waals surface area contributed by atoms with Gasteiger partial charge in [0.25, 0.3) is 5.91 Å². The van der Waals surface area contributed by atoms with E-state index in [2.05, 4.69) is 15.2 Å². The van der Waals surface area contributed by atoms with E-state index in [0.717, 1.165) is 30.3 Å². The predicted octanol–water partition coefficient (Wildman–Crippen LogP) is 2.88. The summed E-state index contributed by atoms with van der Waals surface area (Å²) in [4.78, 5) is 28.7. The topological polar surface area (TPSA) is 85.4 Å². The number of H-pyrrole nitrogens is 1. The summed E-state index contributed by atoms with van der Waals surface area (Å²) in [6.07, 6.45) is 4.01. The van der Waals surface area contributed by atoms with Crippen molar-refractivity contribution in [3.63, 3.8) is 0 Å². The molecule has 0 saturated heterocycles. The molecule has 26 heavy (non-hydrogen) atoms. The Labute approximate surface area is 156 Å². The van der Waals surface area contributed by atoms with E-state index in [1.165, 1.54) is 12.8 Å². The van der Waals surface area contributed by atoms with Crippen LogP contribution in [0.3, 0.4) is 0 Å². The zero-order chi connectivity index (χ0) is 18.3. The molecule has 2 fully saturated rings. The molecule has 0 unspecified atom stereocenters. The summed E-state index contributed by atoms with van der Waals surface area (Å²) >= 11 is 5.98. The first-order valence-corrected chi connectivity index (χ1v) is 9.40. The zero-order valence-corrected chi connectivity index (χ0v) is 15.1. The SMILES string of the molecule is O=C(O)CN(CC1CC1)C1CC(NC(=O)c2cc3ccc(Cl)cc3[nH]2)C1. The molecule has 0 aliphatic heterocycles. The second-order valence-corrected chi connectivity index (χ2v) is 7.91. The number of carbonyl (C=O) groups is 2. The number of benzene rings is 1. The Morgan fingerprint density at radius 1 is 1.27 bits per heavy atom. The molecule has 0 spiro atoms. The molecule has 2 saturated carbocycles. The number of nitrogens with one attached hydrogen (secondary N) is 2. The highest BCUT2D eigenvalue weighted by Gasteiger charge is 2.37. The molecule has 1 aromatic carbocycles. The molecule has 1 amide bonds. The van der Waals surface area contributed by atoms with Crippen molar-refractivity contribution < 1.29 is 14.7 Å². The third-order valence-electron chi connectivity index (χ3n) is 5.32. The van der Waals surface area contributed by atoms with Crippen molar-refractivity contribution >= 4 is 34.4 Å². The van der Waals surface area contributed by atoms with Gasteiger partial charge in [-0.25, -0.2) is 0 Å². The minimum absolute atomic E-state index is 0.0879. The average Bonchev–Trinajstić information content (AvgIpc) is 3.25. The number of fused-ring (bicyclic) bond motifs is 1. The molecule has 1 heterocycles. The largest absolute Gasteiger partial charge is 0.480 e. The molecule has 1 aromatic heterocycles. The summed E-state index contributed by atoms with van der Waals surface area (Å²) in [7, 11) is 0. The van der Waals surface area contributed by atoms with E-state index in [1.807, 2.05) is 12.1 Å². The monoisotopic (exact) mass is 375 g/mol. The standard InChI is InChI=1S/C19H22ClN3O3/c20-13-4-3-12-5-17(22-16(12)6-13)19(26)21-14-7-15(8-14)23(10-18(24)25)9-11-1-2-11/h3-6,11,14-15,22H,1-2,7-10H2,(H,21,26)(H,24,25). The van der Waals surface area contributed by atoms with E-state index in [-0.39, 0.29) is 24.5 Å². The Morgan fingerprint density at radius 3 is 2.73 bits per heavy atom. The van der Waals surface area contributed by atoms with E-state index in [4.69, 9.17) is 16.7 Å². The van der Waals surface area contributed by atoms with Crippen LogP contribution in [0.25, 0.3) is 10.9 Å². The van der Waals surface area contributed by atoms with E-state index in [0.29, 0.717) is 16.6 Å². The van der Waals surface area contributed by atoms with Crippen LogP contribution in [-0.4, -0.2) is 52.0 Å². The Morgan fingerprint density at radius 2 is 2.04 bits per heavy atom. The normalized spacial score (nSPS) is 22.4. The number of carbonyl (C=O) groups excluding carboxylic acids is 1. The number of nitrogens with zero attached hydrogens (tertiary/aromatic N) is 1. The number of carboxylic acid groups (broad SMARTS) is 1. The zero-order valence-electron chi connectivity index (χ0n) is 14.4. The number of hydrogen-bond acceptors (Lipinski definition) is 3. The Kier molecular flexibility index (Phi) is 4.63. The minimum atomic E-state index is -0.783. The summed E-state index contributed by atoms with van der Waals surface area (Å²) in [5.74, 6) is -0.260. The van der Waals surface area contributed by atoms with E-state index >= 15 is 0 Å². The van der Waals surface area contributed by atoms with Crippen LogP contribution in [0.5, 0.6) is 0 Å². The second kappa shape index (κ2) is 6.93. The average molecular weight is 376 g/mol. The number of amides is 1. The maximum atomic E-state index is 12.5. The smallest absolute Gasteiger partial charge is 0.317 e. The summed E-state index contributed by atoms with van der Waals surface area (Å²) in [5.41, 5.74) is 1.36. The van der Waals surface area contributed by atoms with Crippen LogP contribution in [0.1, 0.15) is 36.2 Å². The van der Waals surface area contributed by atoms with E-state index in [9.17, 15) is 9.59 Å². The molecule has 4 rings (SSSR count). The van der Waals surface area contributed by atoms with Crippen molar-refractivity contribution in [3.05, 3.63) is 35.0 Å². The fourth-order valence-electron chi connectivity index (χ4n) is 3.64. The van der Waals surface area contributed by atoms with Gasteiger partial charge in [-0.3, -0.25) is 14.5 Å². The Hall–Kier alpha value is -2.05. The summed E-state index contributed by atoms with van der Waals surface area (Å²) in [6, 6.07) is 7.64. The first-order valence-electron chi connectivity index (χ1n) is 9.03. The third-order valence-corrected chi connectivity index (χ3v) is 5.56. The summed E-state index contributed by atoms with van der Waals surface area (Å²) < 4.78 is 0. The fraction of sp³-hybridized carbons (Fsp3) is 0.474. The second-order valence-electron chi connectivity index (χ2n) is 7.48. The molecular weight excluding hydrogens is 354 g/mol. The molecule has 3 N–H and O–H groups in total. The van der Waals surface area contributed by atoms with Crippen LogP contribution in [0, 0.1) is 5.92 Å². The quantitative estimate of drug-likeness (QED) is 0.694. The lowest BCUT2D eigenvalue weighted by Gasteiger charge is -2.42. The molecule has 7 heteroatoms. The summed E-state index contributed by atoms with van der Waals surface area (Å²) in [6.45, 7) is 0.949. The van der Waals surface area contributed by atoms with Crippen molar-refractivity contribution in [1.82, 2.24) is 15.2 Å². The van der Waals surface area contributed by atoms with Crippen LogP contribution in [0.4, 0.5) is 0 Å². The van der Waals surface area contributed by atoms with Crippen molar-refractivity contribution in [2.24, 2.45) is 5.92 Å². The number of aliphatic carboxylic acids is 1. The van der Waals surface area contributed by atoms with Gasteiger partial charge in [0.05, 0.1) is 6.54 Å². The van der Waals surface area contributed by atoms with Gasteiger partial charge in [0, 0.05) is 34.6 Å². The van der Waals surface area contributed by atoms with Crippen molar-refractivity contribution in [3.8, 4) is 0 Å². The highest BCUT2D eigenvalue weighted by Crippen LogP contribution is 2.34. The van der Waals surface area contributed by atoms with Gasteiger partial charge in [0.1, 0.15) is 5.69 Å². The molecule has 2 aromatic rings. The molecule has 2 aliphatic carbocycles. The van der Waals surface area contributed by atoms with Crippen molar-refractivity contribution in [2.45, 2.75) is 37.8 Å². The molecule has 6 nitrogen and oxygen atoms in total. The summed E-state index contributed by atoms with van der Waals surface area (Å²) in [5, 5.41) is 13.7. The first-order chi connectivity index (χ1) is 12.5. The highest BCUT2D eigenvalue weighted by molar-refractivity contribution is 6.31. The van der Waals surface area contributed by atoms with Crippen LogP contribution in [0.2, 0.25) is 5.02 Å². The molecule has 0 radical (unpaired) electrons. The van der Waals surface area contributed by atoms with Gasteiger partial charge in [0.2, 0.25) is 0 Å². The third kappa shape index (κ3) is 3.86. The van der Waals surface area contributed by atoms with Crippen molar-refractivity contribution in [1.29, 1.82) is 0 Å². The van der Waals surface area contributed by atoms with Gasteiger partial charge in [-0.2, -0.15) is 0 Å². The predicted molar refractivity (Wildman–Crippen MR) is 99.5 cm³/mol. The molecule has 138 valence electrons. The lowest BCUT2D eigenvalue weighted by atomic mass is 9.85. The van der Waals surface area contributed by atoms with E-state index in [1.54, 1.807) is 12.1 Å². The van der Waals surface area contributed by atoms with Crippen LogP contribution in [0.15, 0.2) is 24.3 Å². The maximum absolute atomic E-state index is 12.5. The number of aromatic nitrogens is 1. The van der Waals surface area contributed by atoms with Crippen LogP contribution >= 0.6 is 11.6 Å². The Bertz CT molecular complexity index is 840. The van der Waals surface area contributed by atoms with Crippen LogP contribution < -0.4 is 5.32 Å². The lowest BCUT2D eigenvalue weighted by Crippen LogP contribution is -2.55. The van der Waals surface area contributed by atoms with Crippen molar-refractivity contribution in [2.75, 3.05) is 13.1 Å². The molecule has 0 bridgehead atoms. The Balaban J connectivity index is 1.33. The molecule has 2 aliphatic rings. The van der Waals surface area contributed by atoms with E-state index < -0.39 is 5.97 Å². The molecule has 0 atom stereocenters. The minimum Gasteiger partial charge on any atom is -0.480 e. The number of aromatic amines is 1.